The predicted molar refractivity (Wildman–Crippen MR) is 71.8 cm³/mol. The van der Waals surface area contributed by atoms with Crippen molar-refractivity contribution < 1.29 is 9.84 Å². The molecule has 1 unspecified atom stereocenters. The molecule has 0 aliphatic carbocycles. The Balaban J connectivity index is 1.66. The number of morpholine rings is 1. The monoisotopic (exact) mass is 257 g/mol. The van der Waals surface area contributed by atoms with Crippen molar-refractivity contribution in [2.24, 2.45) is 0 Å². The molecule has 2 aliphatic heterocycles. The fourth-order valence-electron chi connectivity index (χ4n) is 2.78. The fourth-order valence-corrected chi connectivity index (χ4v) is 2.78. The number of hydrogen-bond donors (Lipinski definition) is 2. The standard InChI is InChI=1S/C13H27N3O2/c17-12-13-11-14-3-1-5-16(13)6-2-4-15-7-9-18-10-8-15/h13-14,17H,1-12H2. The van der Waals surface area contributed by atoms with Gasteiger partial charge >= 0.3 is 0 Å². The number of aliphatic hydroxyl groups excluding tert-OH is 1. The first kappa shape index (κ1) is 14.2. The Kier molecular flexibility index (Phi) is 6.37. The van der Waals surface area contributed by atoms with Gasteiger partial charge in [-0.15, -0.1) is 0 Å². The van der Waals surface area contributed by atoms with E-state index in [1.807, 2.05) is 0 Å². The average molecular weight is 257 g/mol. The van der Waals surface area contributed by atoms with E-state index < -0.39 is 0 Å². The normalized spacial score (nSPS) is 28.2. The van der Waals surface area contributed by atoms with Crippen LogP contribution in [-0.4, -0.2) is 86.6 Å². The van der Waals surface area contributed by atoms with Crippen molar-refractivity contribution >= 4 is 0 Å². The summed E-state index contributed by atoms with van der Waals surface area (Å²) in [5.74, 6) is 0. The van der Waals surface area contributed by atoms with Gasteiger partial charge in [-0.1, -0.05) is 0 Å². The van der Waals surface area contributed by atoms with Gasteiger partial charge in [0.1, 0.15) is 0 Å². The highest BCUT2D eigenvalue weighted by Crippen LogP contribution is 2.06. The van der Waals surface area contributed by atoms with Crippen molar-refractivity contribution in [3.8, 4) is 0 Å². The van der Waals surface area contributed by atoms with Crippen LogP contribution >= 0.6 is 0 Å². The van der Waals surface area contributed by atoms with Crippen LogP contribution in [-0.2, 0) is 4.74 Å². The molecule has 0 bridgehead atoms. The molecule has 0 aromatic heterocycles. The Hall–Kier alpha value is -0.200. The van der Waals surface area contributed by atoms with Gasteiger partial charge in [0.2, 0.25) is 0 Å². The SMILES string of the molecule is OCC1CNCCCN1CCCN1CCOCC1. The molecule has 5 nitrogen and oxygen atoms in total. The maximum absolute atomic E-state index is 9.43. The molecule has 18 heavy (non-hydrogen) atoms. The highest BCUT2D eigenvalue weighted by atomic mass is 16.5. The largest absolute Gasteiger partial charge is 0.395 e. The second-order valence-electron chi connectivity index (χ2n) is 5.24. The van der Waals surface area contributed by atoms with E-state index in [9.17, 15) is 5.11 Å². The lowest BCUT2D eigenvalue weighted by Crippen LogP contribution is -2.44. The minimum atomic E-state index is 0.268. The van der Waals surface area contributed by atoms with E-state index in [4.69, 9.17) is 4.74 Å². The molecule has 1 atom stereocenters. The summed E-state index contributed by atoms with van der Waals surface area (Å²) in [5.41, 5.74) is 0. The van der Waals surface area contributed by atoms with E-state index in [0.717, 1.165) is 59.0 Å². The van der Waals surface area contributed by atoms with Gasteiger partial charge < -0.3 is 15.2 Å². The summed E-state index contributed by atoms with van der Waals surface area (Å²) < 4.78 is 5.35. The first-order valence-corrected chi connectivity index (χ1v) is 7.26. The highest BCUT2D eigenvalue weighted by Gasteiger charge is 2.19. The zero-order valence-electron chi connectivity index (χ0n) is 11.3. The van der Waals surface area contributed by atoms with Crippen molar-refractivity contribution in [1.82, 2.24) is 15.1 Å². The van der Waals surface area contributed by atoms with Crippen molar-refractivity contribution in [3.05, 3.63) is 0 Å². The Bertz CT molecular complexity index is 222. The Labute approximate surface area is 110 Å². The van der Waals surface area contributed by atoms with Crippen molar-refractivity contribution in [2.45, 2.75) is 18.9 Å². The molecular weight excluding hydrogens is 230 g/mol. The minimum Gasteiger partial charge on any atom is -0.395 e. The number of hydrogen-bond acceptors (Lipinski definition) is 5. The van der Waals surface area contributed by atoms with E-state index in [1.54, 1.807) is 0 Å². The van der Waals surface area contributed by atoms with E-state index in [2.05, 4.69) is 15.1 Å². The summed E-state index contributed by atoms with van der Waals surface area (Å²) in [7, 11) is 0. The molecule has 2 heterocycles. The smallest absolute Gasteiger partial charge is 0.0599 e. The van der Waals surface area contributed by atoms with Crippen molar-refractivity contribution in [1.29, 1.82) is 0 Å². The van der Waals surface area contributed by atoms with E-state index in [-0.39, 0.29) is 6.61 Å². The van der Waals surface area contributed by atoms with Crippen LogP contribution < -0.4 is 5.32 Å². The van der Waals surface area contributed by atoms with E-state index in [1.165, 1.54) is 12.8 Å². The maximum atomic E-state index is 9.43. The van der Waals surface area contributed by atoms with Gasteiger partial charge in [0.25, 0.3) is 0 Å². The van der Waals surface area contributed by atoms with Gasteiger partial charge in [-0.05, 0) is 39.0 Å². The van der Waals surface area contributed by atoms with Crippen LogP contribution in [0.15, 0.2) is 0 Å². The molecule has 2 fully saturated rings. The van der Waals surface area contributed by atoms with Gasteiger partial charge in [-0.2, -0.15) is 0 Å². The van der Waals surface area contributed by atoms with E-state index >= 15 is 0 Å². The lowest BCUT2D eigenvalue weighted by atomic mass is 10.2. The molecule has 2 aliphatic rings. The zero-order valence-corrected chi connectivity index (χ0v) is 11.3. The third kappa shape index (κ3) is 4.48. The zero-order chi connectivity index (χ0) is 12.6. The van der Waals surface area contributed by atoms with Crippen LogP contribution in [0.4, 0.5) is 0 Å². The molecule has 2 saturated heterocycles. The number of nitrogens with one attached hydrogen (secondary N) is 1. The lowest BCUT2D eigenvalue weighted by molar-refractivity contribution is 0.0348. The van der Waals surface area contributed by atoms with Crippen LogP contribution in [0.25, 0.3) is 0 Å². The molecule has 106 valence electrons. The number of nitrogens with zero attached hydrogens (tertiary/aromatic N) is 2. The maximum Gasteiger partial charge on any atom is 0.0599 e. The van der Waals surface area contributed by atoms with Gasteiger partial charge in [-0.3, -0.25) is 9.80 Å². The third-order valence-electron chi connectivity index (χ3n) is 3.93. The molecule has 5 heteroatoms. The Morgan fingerprint density at radius 3 is 2.78 bits per heavy atom. The van der Waals surface area contributed by atoms with Crippen molar-refractivity contribution in [3.63, 3.8) is 0 Å². The minimum absolute atomic E-state index is 0.268. The summed E-state index contributed by atoms with van der Waals surface area (Å²) in [6.07, 6.45) is 2.38. The number of ether oxygens (including phenoxy) is 1. The lowest BCUT2D eigenvalue weighted by Gasteiger charge is -2.30. The predicted octanol–water partition coefficient (Wildman–Crippen LogP) is -0.635. The molecule has 0 radical (unpaired) electrons. The second-order valence-corrected chi connectivity index (χ2v) is 5.24. The van der Waals surface area contributed by atoms with Crippen molar-refractivity contribution in [2.75, 3.05) is 65.6 Å². The van der Waals surface area contributed by atoms with Crippen LogP contribution in [0.1, 0.15) is 12.8 Å². The summed E-state index contributed by atoms with van der Waals surface area (Å²) >= 11 is 0. The van der Waals surface area contributed by atoms with Crippen LogP contribution in [0.3, 0.4) is 0 Å². The highest BCUT2D eigenvalue weighted by molar-refractivity contribution is 4.77. The molecule has 2 rings (SSSR count). The first-order chi connectivity index (χ1) is 8.90. The molecular formula is C13H27N3O2. The number of rotatable bonds is 5. The summed E-state index contributed by atoms with van der Waals surface area (Å²) in [6, 6.07) is 0.303. The fraction of sp³-hybridized carbons (Fsp3) is 1.00. The number of aliphatic hydroxyl groups is 1. The molecule has 2 N–H and O–H groups in total. The second kappa shape index (κ2) is 8.07. The molecule has 0 aromatic carbocycles. The van der Waals surface area contributed by atoms with Crippen LogP contribution in [0.2, 0.25) is 0 Å². The summed E-state index contributed by atoms with van der Waals surface area (Å²) in [6.45, 7) is 9.56. The van der Waals surface area contributed by atoms with Gasteiger partial charge in [0.15, 0.2) is 0 Å². The van der Waals surface area contributed by atoms with Gasteiger partial charge in [-0.25, -0.2) is 0 Å². The van der Waals surface area contributed by atoms with Crippen LogP contribution in [0, 0.1) is 0 Å². The average Bonchev–Trinajstić information content (AvgIpc) is 2.65. The summed E-state index contributed by atoms with van der Waals surface area (Å²) in [4.78, 5) is 4.92. The quantitative estimate of drug-likeness (QED) is 0.686. The van der Waals surface area contributed by atoms with E-state index in [0.29, 0.717) is 6.04 Å². The Morgan fingerprint density at radius 1 is 1.17 bits per heavy atom. The van der Waals surface area contributed by atoms with Gasteiger partial charge in [0, 0.05) is 25.7 Å². The molecule has 0 spiro atoms. The van der Waals surface area contributed by atoms with Gasteiger partial charge in [0.05, 0.1) is 19.8 Å². The molecule has 0 aromatic rings. The third-order valence-corrected chi connectivity index (χ3v) is 3.93. The van der Waals surface area contributed by atoms with Crippen LogP contribution in [0.5, 0.6) is 0 Å². The molecule has 0 saturated carbocycles. The Morgan fingerprint density at radius 2 is 2.00 bits per heavy atom. The molecule has 0 amide bonds. The first-order valence-electron chi connectivity index (χ1n) is 7.26. The topological polar surface area (TPSA) is 48.0 Å². The summed E-state index contributed by atoms with van der Waals surface area (Å²) in [5, 5.41) is 12.8.